The topological polar surface area (TPSA) is 76.7 Å². The summed E-state index contributed by atoms with van der Waals surface area (Å²) in [7, 11) is 0. The van der Waals surface area contributed by atoms with Crippen LogP contribution in [-0.2, 0) is 16.1 Å². The molecule has 1 aromatic rings. The molecule has 0 spiro atoms. The minimum atomic E-state index is -0.162. The first kappa shape index (κ1) is 18.0. The first-order valence-corrected chi connectivity index (χ1v) is 7.81. The molecule has 0 fully saturated rings. The van der Waals surface area contributed by atoms with Crippen molar-refractivity contribution >= 4 is 11.9 Å². The van der Waals surface area contributed by atoms with Crippen molar-refractivity contribution in [3.05, 3.63) is 35.9 Å². The Bertz CT molecular complexity index is 458. The van der Waals surface area contributed by atoms with E-state index in [0.29, 0.717) is 24.9 Å². The molecule has 0 aliphatic heterocycles. The maximum Gasteiger partial charge on any atom is 0.306 e. The number of hydrogen-bond donors (Lipinski definition) is 2. The lowest BCUT2D eigenvalue weighted by atomic mass is 10.2. The maximum absolute atomic E-state index is 11.6. The number of aliphatic imine (C=N–C) groups is 1. The van der Waals surface area contributed by atoms with Gasteiger partial charge in [-0.1, -0.05) is 44.2 Å². The molecule has 3 N–H and O–H groups in total. The average molecular weight is 305 g/mol. The van der Waals surface area contributed by atoms with Crippen LogP contribution in [0.5, 0.6) is 0 Å². The molecule has 0 aliphatic carbocycles. The molecule has 0 amide bonds. The Labute approximate surface area is 133 Å². The quantitative estimate of drug-likeness (QED) is 0.318. The first-order valence-electron chi connectivity index (χ1n) is 7.81. The molecule has 0 aromatic heterocycles. The van der Waals surface area contributed by atoms with Crippen molar-refractivity contribution in [3.63, 3.8) is 0 Å². The first-order chi connectivity index (χ1) is 10.6. The second-order valence-electron chi connectivity index (χ2n) is 5.65. The second-order valence-corrected chi connectivity index (χ2v) is 5.65. The van der Waals surface area contributed by atoms with Gasteiger partial charge in [-0.15, -0.1) is 0 Å². The normalized spacial score (nSPS) is 11.5. The maximum atomic E-state index is 11.6. The van der Waals surface area contributed by atoms with Crippen molar-refractivity contribution in [2.24, 2.45) is 16.6 Å². The van der Waals surface area contributed by atoms with Crippen LogP contribution in [0.1, 0.15) is 38.7 Å². The minimum Gasteiger partial charge on any atom is -0.461 e. The lowest BCUT2D eigenvalue weighted by molar-refractivity contribution is -0.145. The molecular weight excluding hydrogens is 278 g/mol. The van der Waals surface area contributed by atoms with Gasteiger partial charge in [0.15, 0.2) is 5.96 Å². The number of carbonyl (C=O) groups is 1. The molecule has 0 saturated carbocycles. The molecule has 0 saturated heterocycles. The largest absolute Gasteiger partial charge is 0.461 e. The number of nitrogens with two attached hydrogens (primary N) is 1. The number of benzene rings is 1. The Balaban J connectivity index is 2.04. The van der Waals surface area contributed by atoms with E-state index in [1.54, 1.807) is 0 Å². The van der Waals surface area contributed by atoms with E-state index in [9.17, 15) is 4.79 Å². The van der Waals surface area contributed by atoms with E-state index in [1.807, 2.05) is 30.3 Å². The number of rotatable bonds is 9. The summed E-state index contributed by atoms with van der Waals surface area (Å²) in [6.07, 6.45) is 2.06. The summed E-state index contributed by atoms with van der Waals surface area (Å²) in [4.78, 5) is 15.8. The minimum absolute atomic E-state index is 0.162. The highest BCUT2D eigenvalue weighted by Crippen LogP contribution is 2.03. The van der Waals surface area contributed by atoms with Crippen LogP contribution in [0.25, 0.3) is 0 Å². The SMILES string of the molecule is CC(C)CN=C(N)NCCCCC(=O)OCc1ccccc1. The van der Waals surface area contributed by atoms with E-state index in [4.69, 9.17) is 10.5 Å². The third-order valence-electron chi connectivity index (χ3n) is 2.98. The van der Waals surface area contributed by atoms with Crippen LogP contribution in [0.15, 0.2) is 35.3 Å². The number of esters is 1. The molecule has 0 bridgehead atoms. The zero-order valence-electron chi connectivity index (χ0n) is 13.5. The molecule has 1 aromatic carbocycles. The fourth-order valence-electron chi connectivity index (χ4n) is 1.76. The highest BCUT2D eigenvalue weighted by molar-refractivity contribution is 5.77. The Morgan fingerprint density at radius 2 is 2.00 bits per heavy atom. The van der Waals surface area contributed by atoms with Crippen molar-refractivity contribution in [1.82, 2.24) is 5.32 Å². The predicted octanol–water partition coefficient (Wildman–Crippen LogP) is 2.46. The van der Waals surface area contributed by atoms with Gasteiger partial charge in [-0.3, -0.25) is 9.79 Å². The van der Waals surface area contributed by atoms with E-state index in [2.05, 4.69) is 24.2 Å². The Hall–Kier alpha value is -2.04. The number of hydrogen-bond acceptors (Lipinski definition) is 3. The molecule has 0 unspecified atom stereocenters. The summed E-state index contributed by atoms with van der Waals surface area (Å²) in [6.45, 7) is 5.98. The summed E-state index contributed by atoms with van der Waals surface area (Å²) in [5.41, 5.74) is 6.73. The van der Waals surface area contributed by atoms with E-state index in [1.165, 1.54) is 0 Å². The Morgan fingerprint density at radius 3 is 2.68 bits per heavy atom. The van der Waals surface area contributed by atoms with Crippen LogP contribution in [0, 0.1) is 5.92 Å². The average Bonchev–Trinajstić information content (AvgIpc) is 2.51. The number of guanidine groups is 1. The van der Waals surface area contributed by atoms with Gasteiger partial charge in [0.25, 0.3) is 0 Å². The van der Waals surface area contributed by atoms with Crippen LogP contribution in [0.2, 0.25) is 0 Å². The summed E-state index contributed by atoms with van der Waals surface area (Å²) in [6, 6.07) is 9.68. The van der Waals surface area contributed by atoms with Crippen LogP contribution in [0.4, 0.5) is 0 Å². The second kappa shape index (κ2) is 10.7. The third-order valence-corrected chi connectivity index (χ3v) is 2.98. The highest BCUT2D eigenvalue weighted by atomic mass is 16.5. The predicted molar refractivity (Wildman–Crippen MR) is 89.4 cm³/mol. The fourth-order valence-corrected chi connectivity index (χ4v) is 1.76. The van der Waals surface area contributed by atoms with E-state index >= 15 is 0 Å². The van der Waals surface area contributed by atoms with Gasteiger partial charge in [0.05, 0.1) is 0 Å². The van der Waals surface area contributed by atoms with Crippen LogP contribution >= 0.6 is 0 Å². The van der Waals surface area contributed by atoms with Gasteiger partial charge in [-0.2, -0.15) is 0 Å². The molecule has 5 heteroatoms. The summed E-state index contributed by atoms with van der Waals surface area (Å²) >= 11 is 0. The molecule has 0 atom stereocenters. The van der Waals surface area contributed by atoms with Crippen LogP contribution in [0.3, 0.4) is 0 Å². The van der Waals surface area contributed by atoms with Gasteiger partial charge >= 0.3 is 5.97 Å². The zero-order chi connectivity index (χ0) is 16.2. The van der Waals surface area contributed by atoms with Crippen LogP contribution < -0.4 is 11.1 Å². The summed E-state index contributed by atoms with van der Waals surface area (Å²) < 4.78 is 5.21. The van der Waals surface area contributed by atoms with Gasteiger partial charge in [-0.25, -0.2) is 0 Å². The molecule has 22 heavy (non-hydrogen) atoms. The highest BCUT2D eigenvalue weighted by Gasteiger charge is 2.03. The molecule has 0 radical (unpaired) electrons. The smallest absolute Gasteiger partial charge is 0.306 e. The van der Waals surface area contributed by atoms with Gasteiger partial charge < -0.3 is 15.8 Å². The van der Waals surface area contributed by atoms with Crippen molar-refractivity contribution in [2.45, 2.75) is 39.7 Å². The third kappa shape index (κ3) is 9.00. The monoisotopic (exact) mass is 305 g/mol. The standard InChI is InChI=1S/C17H27N3O2/c1-14(2)12-20-17(18)19-11-7-6-10-16(21)22-13-15-8-4-3-5-9-15/h3-5,8-9,14H,6-7,10-13H2,1-2H3,(H3,18,19,20). The van der Waals surface area contributed by atoms with E-state index < -0.39 is 0 Å². The zero-order valence-corrected chi connectivity index (χ0v) is 13.5. The molecule has 5 nitrogen and oxygen atoms in total. The van der Waals surface area contributed by atoms with E-state index in [-0.39, 0.29) is 5.97 Å². The van der Waals surface area contributed by atoms with Gasteiger partial charge in [0.2, 0.25) is 0 Å². The van der Waals surface area contributed by atoms with Crippen molar-refractivity contribution in [2.75, 3.05) is 13.1 Å². The van der Waals surface area contributed by atoms with Crippen molar-refractivity contribution in [1.29, 1.82) is 0 Å². The number of nitrogens with zero attached hydrogens (tertiary/aromatic N) is 1. The van der Waals surface area contributed by atoms with Crippen molar-refractivity contribution in [3.8, 4) is 0 Å². The number of ether oxygens (including phenoxy) is 1. The number of carbonyl (C=O) groups excluding carboxylic acids is 1. The lowest BCUT2D eigenvalue weighted by Gasteiger charge is -2.07. The molecule has 0 aliphatic rings. The van der Waals surface area contributed by atoms with E-state index in [0.717, 1.165) is 31.5 Å². The number of unbranched alkanes of at least 4 members (excludes halogenated alkanes) is 1. The number of nitrogens with one attached hydrogen (secondary N) is 1. The van der Waals surface area contributed by atoms with Gasteiger partial charge in [0.1, 0.15) is 6.61 Å². The fraction of sp³-hybridized carbons (Fsp3) is 0.529. The Kier molecular flexibility index (Phi) is 8.72. The molecule has 122 valence electrons. The van der Waals surface area contributed by atoms with Crippen LogP contribution in [-0.4, -0.2) is 25.0 Å². The van der Waals surface area contributed by atoms with Gasteiger partial charge in [-0.05, 0) is 24.3 Å². The summed E-state index contributed by atoms with van der Waals surface area (Å²) in [5.74, 6) is 0.811. The summed E-state index contributed by atoms with van der Waals surface area (Å²) in [5, 5.41) is 3.05. The lowest BCUT2D eigenvalue weighted by Crippen LogP contribution is -2.32. The van der Waals surface area contributed by atoms with Crippen molar-refractivity contribution < 1.29 is 9.53 Å². The molecular formula is C17H27N3O2. The molecule has 1 rings (SSSR count). The van der Waals surface area contributed by atoms with Gasteiger partial charge in [0, 0.05) is 19.5 Å². The molecule has 0 heterocycles. The Morgan fingerprint density at radius 1 is 1.27 bits per heavy atom.